The Hall–Kier alpha value is -0.0400. The topological polar surface area (TPSA) is 26.0 Å². The van der Waals surface area contributed by atoms with Gasteiger partial charge in [-0.25, -0.2) is 0 Å². The first-order valence-corrected chi connectivity index (χ1v) is 4.60. The minimum Gasteiger partial charge on any atom is -0.327 e. The third-order valence-electron chi connectivity index (χ3n) is 2.37. The molecule has 0 aliphatic heterocycles. The van der Waals surface area contributed by atoms with Gasteiger partial charge in [0.1, 0.15) is 0 Å². The summed E-state index contributed by atoms with van der Waals surface area (Å²) in [4.78, 5) is 0. The Morgan fingerprint density at radius 2 is 2.10 bits per heavy atom. The summed E-state index contributed by atoms with van der Waals surface area (Å²) in [7, 11) is 0. The molecule has 0 heterocycles. The fourth-order valence-electron chi connectivity index (χ4n) is 1.39. The maximum Gasteiger partial charge on any atom is 0.00671 e. The van der Waals surface area contributed by atoms with Gasteiger partial charge in [0.2, 0.25) is 0 Å². The maximum atomic E-state index is 5.92. The monoisotopic (exact) mass is 141 g/mol. The van der Waals surface area contributed by atoms with Gasteiger partial charge in [0.15, 0.2) is 0 Å². The molecular formula is C9H19N. The molecule has 0 amide bonds. The average Bonchev–Trinajstić information content (AvgIpc) is 2.69. The lowest BCUT2D eigenvalue weighted by atomic mass is 10.1. The van der Waals surface area contributed by atoms with Crippen LogP contribution in [0.15, 0.2) is 0 Å². The van der Waals surface area contributed by atoms with E-state index < -0.39 is 0 Å². The van der Waals surface area contributed by atoms with E-state index >= 15 is 0 Å². The Morgan fingerprint density at radius 3 is 2.60 bits per heavy atom. The Labute approximate surface area is 64.0 Å². The van der Waals surface area contributed by atoms with Gasteiger partial charge >= 0.3 is 0 Å². The van der Waals surface area contributed by atoms with Gasteiger partial charge in [-0.3, -0.25) is 0 Å². The normalized spacial score (nSPS) is 21.0. The van der Waals surface area contributed by atoms with E-state index in [0.29, 0.717) is 6.04 Å². The van der Waals surface area contributed by atoms with Crippen LogP contribution in [0.2, 0.25) is 0 Å². The van der Waals surface area contributed by atoms with Crippen molar-refractivity contribution >= 4 is 0 Å². The molecule has 1 unspecified atom stereocenters. The standard InChI is InChI=1S/C9H19N/c1-2-3-4-5-9(10)8-6-7-8/h8-9H,2-7,10H2,1H3. The molecular weight excluding hydrogens is 122 g/mol. The van der Waals surface area contributed by atoms with Crippen molar-refractivity contribution in [3.63, 3.8) is 0 Å². The lowest BCUT2D eigenvalue weighted by Crippen LogP contribution is -2.21. The summed E-state index contributed by atoms with van der Waals surface area (Å²) < 4.78 is 0. The number of unbranched alkanes of at least 4 members (excludes halogenated alkanes) is 2. The van der Waals surface area contributed by atoms with Crippen molar-refractivity contribution in [1.82, 2.24) is 0 Å². The van der Waals surface area contributed by atoms with E-state index in [9.17, 15) is 0 Å². The molecule has 1 fully saturated rings. The number of rotatable bonds is 5. The second-order valence-corrected chi connectivity index (χ2v) is 3.50. The molecule has 1 rings (SSSR count). The molecule has 0 aromatic rings. The van der Waals surface area contributed by atoms with Crippen LogP contribution in [0, 0.1) is 5.92 Å². The van der Waals surface area contributed by atoms with Gasteiger partial charge in [-0.1, -0.05) is 26.2 Å². The molecule has 0 aromatic heterocycles. The molecule has 1 saturated carbocycles. The molecule has 0 radical (unpaired) electrons. The molecule has 1 nitrogen and oxygen atoms in total. The molecule has 2 N–H and O–H groups in total. The van der Waals surface area contributed by atoms with Crippen molar-refractivity contribution in [2.75, 3.05) is 0 Å². The van der Waals surface area contributed by atoms with Crippen molar-refractivity contribution in [3.05, 3.63) is 0 Å². The number of hydrogen-bond acceptors (Lipinski definition) is 1. The fraction of sp³-hybridized carbons (Fsp3) is 1.00. The molecule has 1 atom stereocenters. The van der Waals surface area contributed by atoms with E-state index in [1.807, 2.05) is 0 Å². The average molecular weight is 141 g/mol. The first kappa shape index (κ1) is 8.06. The zero-order valence-electron chi connectivity index (χ0n) is 6.97. The number of nitrogens with two attached hydrogens (primary N) is 1. The van der Waals surface area contributed by atoms with E-state index in [0.717, 1.165) is 5.92 Å². The van der Waals surface area contributed by atoms with Gasteiger partial charge in [-0.15, -0.1) is 0 Å². The van der Waals surface area contributed by atoms with Gasteiger partial charge in [-0.2, -0.15) is 0 Å². The van der Waals surface area contributed by atoms with Crippen molar-refractivity contribution in [1.29, 1.82) is 0 Å². The molecule has 0 aromatic carbocycles. The highest BCUT2D eigenvalue weighted by molar-refractivity contribution is 4.83. The van der Waals surface area contributed by atoms with E-state index in [1.165, 1.54) is 38.5 Å². The fourth-order valence-corrected chi connectivity index (χ4v) is 1.39. The van der Waals surface area contributed by atoms with E-state index in [-0.39, 0.29) is 0 Å². The number of hydrogen-bond donors (Lipinski definition) is 1. The Balaban J connectivity index is 1.90. The molecule has 1 heteroatoms. The van der Waals surface area contributed by atoms with Gasteiger partial charge in [0.05, 0.1) is 0 Å². The van der Waals surface area contributed by atoms with Crippen LogP contribution < -0.4 is 5.73 Å². The Bertz CT molecular complexity index is 86.7. The molecule has 60 valence electrons. The van der Waals surface area contributed by atoms with Crippen molar-refractivity contribution < 1.29 is 0 Å². The lowest BCUT2D eigenvalue weighted by molar-refractivity contribution is 0.513. The van der Waals surface area contributed by atoms with E-state index in [1.54, 1.807) is 0 Å². The predicted octanol–water partition coefficient (Wildman–Crippen LogP) is 2.30. The summed E-state index contributed by atoms with van der Waals surface area (Å²) in [6.45, 7) is 2.24. The first-order valence-electron chi connectivity index (χ1n) is 4.60. The van der Waals surface area contributed by atoms with E-state index in [4.69, 9.17) is 5.73 Å². The minimum absolute atomic E-state index is 0.534. The summed E-state index contributed by atoms with van der Waals surface area (Å²) in [6.07, 6.45) is 8.07. The van der Waals surface area contributed by atoms with Crippen LogP contribution in [0.3, 0.4) is 0 Å². The van der Waals surface area contributed by atoms with Crippen LogP contribution in [0.1, 0.15) is 45.4 Å². The van der Waals surface area contributed by atoms with Crippen molar-refractivity contribution in [2.45, 2.75) is 51.5 Å². The van der Waals surface area contributed by atoms with Crippen LogP contribution in [0.4, 0.5) is 0 Å². The van der Waals surface area contributed by atoms with Crippen LogP contribution in [-0.2, 0) is 0 Å². The Morgan fingerprint density at radius 1 is 1.40 bits per heavy atom. The third-order valence-corrected chi connectivity index (χ3v) is 2.37. The van der Waals surface area contributed by atoms with Gasteiger partial charge in [-0.05, 0) is 25.2 Å². The SMILES string of the molecule is CCCCCC(N)C1CC1. The lowest BCUT2D eigenvalue weighted by Gasteiger charge is -2.07. The zero-order chi connectivity index (χ0) is 7.40. The summed E-state index contributed by atoms with van der Waals surface area (Å²) in [5.74, 6) is 0.900. The summed E-state index contributed by atoms with van der Waals surface area (Å²) in [5.41, 5.74) is 5.92. The van der Waals surface area contributed by atoms with Crippen molar-refractivity contribution in [2.24, 2.45) is 11.7 Å². The van der Waals surface area contributed by atoms with Crippen molar-refractivity contribution in [3.8, 4) is 0 Å². The molecule has 1 aliphatic carbocycles. The van der Waals surface area contributed by atoms with Crippen LogP contribution in [0.25, 0.3) is 0 Å². The molecule has 0 saturated heterocycles. The highest BCUT2D eigenvalue weighted by Gasteiger charge is 2.27. The largest absolute Gasteiger partial charge is 0.327 e. The van der Waals surface area contributed by atoms with Gasteiger partial charge in [0.25, 0.3) is 0 Å². The van der Waals surface area contributed by atoms with Crippen LogP contribution in [0.5, 0.6) is 0 Å². The molecule has 1 aliphatic rings. The summed E-state index contributed by atoms with van der Waals surface area (Å²) in [5, 5.41) is 0. The minimum atomic E-state index is 0.534. The van der Waals surface area contributed by atoms with Crippen LogP contribution in [-0.4, -0.2) is 6.04 Å². The highest BCUT2D eigenvalue weighted by Crippen LogP contribution is 2.33. The Kier molecular flexibility index (Phi) is 3.20. The second-order valence-electron chi connectivity index (χ2n) is 3.50. The zero-order valence-corrected chi connectivity index (χ0v) is 6.97. The maximum absolute atomic E-state index is 5.92. The smallest absolute Gasteiger partial charge is 0.00671 e. The molecule has 0 spiro atoms. The first-order chi connectivity index (χ1) is 4.84. The molecule has 10 heavy (non-hydrogen) atoms. The summed E-state index contributed by atoms with van der Waals surface area (Å²) in [6, 6.07) is 0.534. The highest BCUT2D eigenvalue weighted by atomic mass is 14.7. The third kappa shape index (κ3) is 2.70. The second kappa shape index (κ2) is 3.97. The van der Waals surface area contributed by atoms with Gasteiger partial charge in [0, 0.05) is 6.04 Å². The van der Waals surface area contributed by atoms with E-state index in [2.05, 4.69) is 6.92 Å². The van der Waals surface area contributed by atoms with Crippen LogP contribution >= 0.6 is 0 Å². The summed E-state index contributed by atoms with van der Waals surface area (Å²) >= 11 is 0. The predicted molar refractivity (Wildman–Crippen MR) is 44.8 cm³/mol. The molecule has 0 bridgehead atoms. The quantitative estimate of drug-likeness (QED) is 0.584. The van der Waals surface area contributed by atoms with Gasteiger partial charge < -0.3 is 5.73 Å².